The molecule has 0 atom stereocenters. The van der Waals surface area contributed by atoms with Gasteiger partial charge in [-0.25, -0.2) is 0 Å². The van der Waals surface area contributed by atoms with Crippen LogP contribution in [-0.2, 0) is 6.54 Å². The minimum absolute atomic E-state index is 0.159. The van der Waals surface area contributed by atoms with Gasteiger partial charge in [0, 0.05) is 13.0 Å². The van der Waals surface area contributed by atoms with Gasteiger partial charge < -0.3 is 4.74 Å². The zero-order valence-corrected chi connectivity index (χ0v) is 14.4. The van der Waals surface area contributed by atoms with Crippen LogP contribution in [0.5, 0.6) is 5.75 Å². The zero-order valence-electron chi connectivity index (χ0n) is 14.4. The van der Waals surface area contributed by atoms with Crippen molar-refractivity contribution in [3.8, 4) is 11.8 Å². The van der Waals surface area contributed by atoms with Crippen LogP contribution >= 0.6 is 0 Å². The zero-order chi connectivity index (χ0) is 16.2. The summed E-state index contributed by atoms with van der Waals surface area (Å²) in [6.07, 6.45) is 2.88. The lowest BCUT2D eigenvalue weighted by Crippen LogP contribution is -2.46. The number of hydrogen-bond acceptors (Lipinski definition) is 3. The molecule has 1 aliphatic heterocycles. The third-order valence-electron chi connectivity index (χ3n) is 5.36. The van der Waals surface area contributed by atoms with Crippen molar-refractivity contribution in [1.82, 2.24) is 4.90 Å². The molecule has 0 spiro atoms. The van der Waals surface area contributed by atoms with Crippen LogP contribution in [0, 0.1) is 22.2 Å². The molecule has 1 aliphatic rings. The molecule has 120 valence electrons. The average Bonchev–Trinajstić information content (AvgIpc) is 2.49. The molecule has 0 radical (unpaired) electrons. The largest absolute Gasteiger partial charge is 0.497 e. The minimum Gasteiger partial charge on any atom is -0.497 e. The fraction of sp³-hybridized carbons (Fsp3) is 0.632. The number of likely N-dealkylation sites (tertiary alicyclic amines) is 1. The van der Waals surface area contributed by atoms with Crippen molar-refractivity contribution >= 4 is 0 Å². The molecule has 1 heterocycles. The summed E-state index contributed by atoms with van der Waals surface area (Å²) in [6.45, 7) is 9.93. The van der Waals surface area contributed by atoms with E-state index in [1.165, 1.54) is 5.56 Å². The molecule has 0 bridgehead atoms. The lowest BCUT2D eigenvalue weighted by molar-refractivity contribution is 0.00710. The van der Waals surface area contributed by atoms with Crippen molar-refractivity contribution in [1.29, 1.82) is 5.26 Å². The van der Waals surface area contributed by atoms with Crippen LogP contribution in [0.25, 0.3) is 0 Å². The van der Waals surface area contributed by atoms with E-state index in [1.807, 2.05) is 12.1 Å². The Balaban J connectivity index is 2.00. The van der Waals surface area contributed by atoms with E-state index in [-0.39, 0.29) is 10.8 Å². The molecule has 1 aromatic carbocycles. The molecule has 0 N–H and O–H groups in total. The van der Waals surface area contributed by atoms with Gasteiger partial charge in [-0.3, -0.25) is 4.90 Å². The second-order valence-corrected chi connectivity index (χ2v) is 7.49. The number of piperidine rings is 1. The summed E-state index contributed by atoms with van der Waals surface area (Å²) < 4.78 is 5.30. The van der Waals surface area contributed by atoms with E-state index in [4.69, 9.17) is 4.74 Å². The topological polar surface area (TPSA) is 36.3 Å². The molecule has 2 rings (SSSR count). The second kappa shape index (κ2) is 6.71. The molecular formula is C19H28N2O. The summed E-state index contributed by atoms with van der Waals surface area (Å²) in [6, 6.07) is 10.7. The van der Waals surface area contributed by atoms with E-state index < -0.39 is 0 Å². The quantitative estimate of drug-likeness (QED) is 0.834. The molecule has 1 aromatic rings. The van der Waals surface area contributed by atoms with E-state index in [0.29, 0.717) is 6.42 Å². The normalized spacial score (nSPS) is 18.7. The SMILES string of the molecule is COc1cccc(CN2CCC(CC#N)(C(C)(C)C)CC2)c1. The second-order valence-electron chi connectivity index (χ2n) is 7.49. The highest BCUT2D eigenvalue weighted by molar-refractivity contribution is 5.28. The smallest absolute Gasteiger partial charge is 0.119 e. The fourth-order valence-corrected chi connectivity index (χ4v) is 3.51. The summed E-state index contributed by atoms with van der Waals surface area (Å²) >= 11 is 0. The van der Waals surface area contributed by atoms with Crippen molar-refractivity contribution in [2.24, 2.45) is 10.8 Å². The number of hydrogen-bond donors (Lipinski definition) is 0. The van der Waals surface area contributed by atoms with Crippen LogP contribution < -0.4 is 4.74 Å². The summed E-state index contributed by atoms with van der Waals surface area (Å²) in [4.78, 5) is 2.50. The predicted molar refractivity (Wildman–Crippen MR) is 89.6 cm³/mol. The number of rotatable bonds is 4. The van der Waals surface area contributed by atoms with Gasteiger partial charge in [0.15, 0.2) is 0 Å². The third-order valence-corrected chi connectivity index (χ3v) is 5.36. The molecule has 0 aliphatic carbocycles. The fourth-order valence-electron chi connectivity index (χ4n) is 3.51. The maximum Gasteiger partial charge on any atom is 0.119 e. The minimum atomic E-state index is 0.159. The number of nitrogens with zero attached hydrogens (tertiary/aromatic N) is 2. The Hall–Kier alpha value is -1.53. The summed E-state index contributed by atoms with van der Waals surface area (Å²) in [5, 5.41) is 9.23. The first-order valence-corrected chi connectivity index (χ1v) is 8.12. The van der Waals surface area contributed by atoms with E-state index in [2.05, 4.69) is 43.9 Å². The molecular weight excluding hydrogens is 272 g/mol. The van der Waals surface area contributed by atoms with Gasteiger partial charge in [-0.15, -0.1) is 0 Å². The average molecular weight is 300 g/mol. The van der Waals surface area contributed by atoms with Crippen LogP contribution in [0.3, 0.4) is 0 Å². The van der Waals surface area contributed by atoms with Gasteiger partial charge in [-0.1, -0.05) is 32.9 Å². The molecule has 22 heavy (non-hydrogen) atoms. The first-order valence-electron chi connectivity index (χ1n) is 8.12. The molecule has 0 aromatic heterocycles. The molecule has 0 saturated carbocycles. The van der Waals surface area contributed by atoms with Gasteiger partial charge in [-0.05, 0) is 54.5 Å². The summed E-state index contributed by atoms with van der Waals surface area (Å²) in [5.41, 5.74) is 1.64. The van der Waals surface area contributed by atoms with Gasteiger partial charge in [0.05, 0.1) is 13.2 Å². The number of nitriles is 1. The third kappa shape index (κ3) is 3.62. The van der Waals surface area contributed by atoms with Crippen LogP contribution in [0.2, 0.25) is 0 Å². The van der Waals surface area contributed by atoms with E-state index in [1.54, 1.807) is 7.11 Å². The maximum atomic E-state index is 9.23. The van der Waals surface area contributed by atoms with Gasteiger partial charge in [0.1, 0.15) is 5.75 Å². The van der Waals surface area contributed by atoms with Crippen molar-refractivity contribution in [2.45, 2.75) is 46.6 Å². The Kier molecular flexibility index (Phi) is 5.13. The van der Waals surface area contributed by atoms with E-state index in [0.717, 1.165) is 38.2 Å². The van der Waals surface area contributed by atoms with Crippen molar-refractivity contribution in [3.63, 3.8) is 0 Å². The van der Waals surface area contributed by atoms with Crippen molar-refractivity contribution in [2.75, 3.05) is 20.2 Å². The van der Waals surface area contributed by atoms with E-state index in [9.17, 15) is 5.26 Å². The van der Waals surface area contributed by atoms with Gasteiger partial charge in [0.25, 0.3) is 0 Å². The van der Waals surface area contributed by atoms with Crippen LogP contribution in [0.1, 0.15) is 45.6 Å². The molecule has 1 fully saturated rings. The first-order chi connectivity index (χ1) is 10.4. The van der Waals surface area contributed by atoms with Crippen molar-refractivity contribution in [3.05, 3.63) is 29.8 Å². The van der Waals surface area contributed by atoms with Gasteiger partial charge in [0.2, 0.25) is 0 Å². The number of benzene rings is 1. The molecule has 3 heteroatoms. The Morgan fingerprint density at radius 3 is 2.50 bits per heavy atom. The van der Waals surface area contributed by atoms with Gasteiger partial charge >= 0.3 is 0 Å². The van der Waals surface area contributed by atoms with Crippen molar-refractivity contribution < 1.29 is 4.74 Å². The number of methoxy groups -OCH3 is 1. The highest BCUT2D eigenvalue weighted by atomic mass is 16.5. The summed E-state index contributed by atoms with van der Waals surface area (Å²) in [7, 11) is 1.71. The Morgan fingerprint density at radius 2 is 1.95 bits per heavy atom. The van der Waals surface area contributed by atoms with Gasteiger partial charge in [-0.2, -0.15) is 5.26 Å². The highest BCUT2D eigenvalue weighted by Gasteiger charge is 2.43. The first kappa shape index (κ1) is 16.8. The van der Waals surface area contributed by atoms with Crippen LogP contribution in [0.4, 0.5) is 0 Å². The van der Waals surface area contributed by atoms with E-state index >= 15 is 0 Å². The summed E-state index contributed by atoms with van der Waals surface area (Å²) in [5.74, 6) is 0.919. The highest BCUT2D eigenvalue weighted by Crippen LogP contribution is 2.49. The molecule has 0 unspecified atom stereocenters. The lowest BCUT2D eigenvalue weighted by Gasteiger charge is -2.49. The van der Waals surface area contributed by atoms with Crippen LogP contribution in [-0.4, -0.2) is 25.1 Å². The number of ether oxygens (including phenoxy) is 1. The molecule has 1 saturated heterocycles. The maximum absolute atomic E-state index is 9.23. The Labute approximate surface area is 134 Å². The molecule has 3 nitrogen and oxygen atoms in total. The Bertz CT molecular complexity index is 531. The standard InChI is InChI=1S/C19H28N2O/c1-18(2,3)19(8-11-20)9-12-21(13-10-19)15-16-6-5-7-17(14-16)22-4/h5-7,14H,8-10,12-13,15H2,1-4H3. The Morgan fingerprint density at radius 1 is 1.27 bits per heavy atom. The lowest BCUT2D eigenvalue weighted by atomic mass is 9.60. The monoisotopic (exact) mass is 300 g/mol. The predicted octanol–water partition coefficient (Wildman–Crippen LogP) is 4.24. The van der Waals surface area contributed by atoms with Crippen LogP contribution in [0.15, 0.2) is 24.3 Å². The molecule has 0 amide bonds.